The summed E-state index contributed by atoms with van der Waals surface area (Å²) in [7, 11) is 0. The van der Waals surface area contributed by atoms with Crippen LogP contribution in [0.25, 0.3) is 0 Å². The van der Waals surface area contributed by atoms with Gasteiger partial charge in [-0.15, -0.1) is 0 Å². The molecule has 1 saturated carbocycles. The van der Waals surface area contributed by atoms with Crippen LogP contribution in [0.3, 0.4) is 0 Å². The molecule has 1 aromatic carbocycles. The third-order valence-electron chi connectivity index (χ3n) is 3.59. The quantitative estimate of drug-likeness (QED) is 0.727. The topological polar surface area (TPSA) is 32.3 Å². The first-order valence-electron chi connectivity index (χ1n) is 7.35. The van der Waals surface area contributed by atoms with E-state index in [9.17, 15) is 4.79 Å². The van der Waals surface area contributed by atoms with E-state index in [2.05, 4.69) is 36.5 Å². The normalized spacial score (nSPS) is 14.4. The lowest BCUT2D eigenvalue weighted by Crippen LogP contribution is -2.39. The van der Waals surface area contributed by atoms with E-state index in [0.29, 0.717) is 12.6 Å². The lowest BCUT2D eigenvalue weighted by Gasteiger charge is -2.20. The summed E-state index contributed by atoms with van der Waals surface area (Å²) in [5.74, 6) is 0.254. The van der Waals surface area contributed by atoms with E-state index in [-0.39, 0.29) is 5.91 Å². The van der Waals surface area contributed by atoms with Gasteiger partial charge in [-0.2, -0.15) is 0 Å². The highest BCUT2D eigenvalue weighted by atomic mass is 16.2. The zero-order valence-corrected chi connectivity index (χ0v) is 11.8. The van der Waals surface area contributed by atoms with Crippen LogP contribution in [-0.2, 0) is 11.2 Å². The van der Waals surface area contributed by atoms with Crippen molar-refractivity contribution in [3.05, 3.63) is 35.9 Å². The predicted molar refractivity (Wildman–Crippen MR) is 78.0 cm³/mol. The van der Waals surface area contributed by atoms with Gasteiger partial charge >= 0.3 is 0 Å². The molecule has 1 aromatic rings. The molecule has 0 aliphatic heterocycles. The molecule has 0 radical (unpaired) electrons. The van der Waals surface area contributed by atoms with Crippen LogP contribution in [0, 0.1) is 0 Å². The molecule has 1 amide bonds. The molecule has 19 heavy (non-hydrogen) atoms. The fraction of sp³-hybridized carbons (Fsp3) is 0.562. The molecule has 0 saturated heterocycles. The second-order valence-electron chi connectivity index (χ2n) is 5.18. The summed E-state index contributed by atoms with van der Waals surface area (Å²) >= 11 is 0. The number of carbonyl (C=O) groups is 1. The maximum Gasteiger partial charge on any atom is 0.236 e. The molecule has 0 atom stereocenters. The Balaban J connectivity index is 1.57. The fourth-order valence-electron chi connectivity index (χ4n) is 2.38. The maximum atomic E-state index is 12.0. The number of amides is 1. The van der Waals surface area contributed by atoms with Gasteiger partial charge in [-0.25, -0.2) is 0 Å². The first-order valence-corrected chi connectivity index (χ1v) is 7.35. The Bertz CT molecular complexity index is 387. The smallest absolute Gasteiger partial charge is 0.236 e. The van der Waals surface area contributed by atoms with Crippen molar-refractivity contribution in [1.82, 2.24) is 10.2 Å². The van der Waals surface area contributed by atoms with E-state index in [1.807, 2.05) is 11.0 Å². The van der Waals surface area contributed by atoms with Gasteiger partial charge in [0.1, 0.15) is 0 Å². The first-order chi connectivity index (χ1) is 9.31. The fourth-order valence-corrected chi connectivity index (χ4v) is 2.38. The molecule has 0 bridgehead atoms. The van der Waals surface area contributed by atoms with Crippen LogP contribution in [0.2, 0.25) is 0 Å². The molecule has 3 nitrogen and oxygen atoms in total. The summed E-state index contributed by atoms with van der Waals surface area (Å²) in [6.45, 7) is 4.29. The van der Waals surface area contributed by atoms with Gasteiger partial charge in [0.2, 0.25) is 5.91 Å². The average molecular weight is 260 g/mol. The number of hydrogen-bond acceptors (Lipinski definition) is 2. The van der Waals surface area contributed by atoms with Crippen molar-refractivity contribution >= 4 is 5.91 Å². The Morgan fingerprint density at radius 2 is 2.05 bits per heavy atom. The van der Waals surface area contributed by atoms with Gasteiger partial charge in [0, 0.05) is 12.6 Å². The summed E-state index contributed by atoms with van der Waals surface area (Å²) in [5.41, 5.74) is 1.36. The molecule has 1 fully saturated rings. The Kier molecular flexibility index (Phi) is 5.40. The zero-order valence-electron chi connectivity index (χ0n) is 11.8. The van der Waals surface area contributed by atoms with Crippen LogP contribution >= 0.6 is 0 Å². The molecule has 0 spiro atoms. The van der Waals surface area contributed by atoms with Gasteiger partial charge in [-0.3, -0.25) is 4.79 Å². The molecule has 0 aromatic heterocycles. The van der Waals surface area contributed by atoms with Crippen LogP contribution in [0.4, 0.5) is 0 Å². The molecule has 0 unspecified atom stereocenters. The minimum atomic E-state index is 0.254. The molecule has 1 aliphatic carbocycles. The first kappa shape index (κ1) is 14.1. The van der Waals surface area contributed by atoms with Crippen LogP contribution in [0.5, 0.6) is 0 Å². The lowest BCUT2D eigenvalue weighted by molar-refractivity contribution is -0.130. The average Bonchev–Trinajstić information content (AvgIpc) is 3.25. The monoisotopic (exact) mass is 260 g/mol. The number of likely N-dealkylation sites (N-methyl/N-ethyl adjacent to an activating group) is 1. The van der Waals surface area contributed by atoms with Crippen molar-refractivity contribution in [1.29, 1.82) is 0 Å². The number of nitrogens with zero attached hydrogens (tertiary/aromatic N) is 1. The number of aryl methyl sites for hydroxylation is 1. The summed E-state index contributed by atoms with van der Waals surface area (Å²) in [5, 5.41) is 3.26. The van der Waals surface area contributed by atoms with Crippen LogP contribution in [0.15, 0.2) is 30.3 Å². The Morgan fingerprint density at radius 3 is 2.68 bits per heavy atom. The Hall–Kier alpha value is -1.35. The number of carbonyl (C=O) groups excluding carboxylic acids is 1. The predicted octanol–water partition coefficient (Wildman–Crippen LogP) is 2.22. The highest BCUT2D eigenvalue weighted by Crippen LogP contribution is 2.26. The van der Waals surface area contributed by atoms with Crippen molar-refractivity contribution in [2.45, 2.75) is 38.6 Å². The summed E-state index contributed by atoms with van der Waals surface area (Å²) in [4.78, 5) is 14.0. The van der Waals surface area contributed by atoms with Crippen molar-refractivity contribution in [3.8, 4) is 0 Å². The van der Waals surface area contributed by atoms with Crippen LogP contribution < -0.4 is 5.32 Å². The van der Waals surface area contributed by atoms with E-state index in [1.54, 1.807) is 0 Å². The lowest BCUT2D eigenvalue weighted by atomic mass is 10.1. The highest BCUT2D eigenvalue weighted by molar-refractivity contribution is 5.78. The van der Waals surface area contributed by atoms with Gasteiger partial charge in [0.25, 0.3) is 0 Å². The molecular weight excluding hydrogens is 236 g/mol. The van der Waals surface area contributed by atoms with Gasteiger partial charge in [0.05, 0.1) is 6.54 Å². The molecule has 0 heterocycles. The summed E-state index contributed by atoms with van der Waals surface area (Å²) in [6, 6.07) is 11.0. The van der Waals surface area contributed by atoms with Crippen molar-refractivity contribution in [3.63, 3.8) is 0 Å². The standard InChI is InChI=1S/C16H24N2O/c1-2-18(15-10-11-15)16(19)13-17-12-6-9-14-7-4-3-5-8-14/h3-5,7-8,15,17H,2,6,9-13H2,1H3. The number of hydrogen-bond donors (Lipinski definition) is 1. The number of benzene rings is 1. The van der Waals surface area contributed by atoms with Crippen LogP contribution in [-0.4, -0.2) is 36.5 Å². The van der Waals surface area contributed by atoms with Gasteiger partial charge in [-0.05, 0) is 44.7 Å². The molecule has 1 N–H and O–H groups in total. The van der Waals surface area contributed by atoms with E-state index >= 15 is 0 Å². The Labute approximate surface area is 116 Å². The number of nitrogens with one attached hydrogen (secondary N) is 1. The largest absolute Gasteiger partial charge is 0.339 e. The van der Waals surface area contributed by atoms with Crippen molar-refractivity contribution in [2.24, 2.45) is 0 Å². The second kappa shape index (κ2) is 7.29. The second-order valence-corrected chi connectivity index (χ2v) is 5.18. The minimum Gasteiger partial charge on any atom is -0.339 e. The third kappa shape index (κ3) is 4.67. The third-order valence-corrected chi connectivity index (χ3v) is 3.59. The SMILES string of the molecule is CCN(C(=O)CNCCCc1ccccc1)C1CC1. The highest BCUT2D eigenvalue weighted by Gasteiger charge is 2.30. The molecule has 2 rings (SSSR count). The van der Waals surface area contributed by atoms with E-state index in [4.69, 9.17) is 0 Å². The van der Waals surface area contributed by atoms with E-state index < -0.39 is 0 Å². The molecular formula is C16H24N2O. The molecule has 1 aliphatic rings. The molecule has 3 heteroatoms. The van der Waals surface area contributed by atoms with E-state index in [1.165, 1.54) is 18.4 Å². The van der Waals surface area contributed by atoms with Gasteiger partial charge < -0.3 is 10.2 Å². The van der Waals surface area contributed by atoms with E-state index in [0.717, 1.165) is 25.9 Å². The van der Waals surface area contributed by atoms with Crippen LogP contribution in [0.1, 0.15) is 31.7 Å². The van der Waals surface area contributed by atoms with Crippen molar-refractivity contribution < 1.29 is 4.79 Å². The maximum absolute atomic E-state index is 12.0. The minimum absolute atomic E-state index is 0.254. The zero-order chi connectivity index (χ0) is 13.5. The van der Waals surface area contributed by atoms with Crippen molar-refractivity contribution in [2.75, 3.05) is 19.6 Å². The molecule has 104 valence electrons. The summed E-state index contributed by atoms with van der Waals surface area (Å²) in [6.07, 6.45) is 4.52. The van der Waals surface area contributed by atoms with Gasteiger partial charge in [0.15, 0.2) is 0 Å². The summed E-state index contributed by atoms with van der Waals surface area (Å²) < 4.78 is 0. The Morgan fingerprint density at radius 1 is 1.32 bits per heavy atom. The van der Waals surface area contributed by atoms with Gasteiger partial charge in [-0.1, -0.05) is 30.3 Å². The number of rotatable bonds is 8.